The van der Waals surface area contributed by atoms with Crippen LogP contribution >= 0.6 is 0 Å². The van der Waals surface area contributed by atoms with Gasteiger partial charge >= 0.3 is 5.97 Å². The molecule has 1 aliphatic carbocycles. The highest BCUT2D eigenvalue weighted by atomic mass is 32.2. The maximum absolute atomic E-state index is 12.5. The van der Waals surface area contributed by atoms with E-state index in [-0.39, 0.29) is 36.7 Å². The van der Waals surface area contributed by atoms with Crippen molar-refractivity contribution in [1.29, 1.82) is 0 Å². The summed E-state index contributed by atoms with van der Waals surface area (Å²) in [5.74, 6) is -0.691. The van der Waals surface area contributed by atoms with Crippen molar-refractivity contribution < 1.29 is 29.1 Å². The van der Waals surface area contributed by atoms with Crippen molar-refractivity contribution in [3.8, 4) is 0 Å². The number of ether oxygens (including phenoxy) is 1. The van der Waals surface area contributed by atoms with Crippen molar-refractivity contribution in [1.82, 2.24) is 0 Å². The fourth-order valence-electron chi connectivity index (χ4n) is 3.86. The number of carbonyl (C=O) groups is 1. The van der Waals surface area contributed by atoms with Crippen LogP contribution in [0.2, 0.25) is 0 Å². The molecule has 2 aliphatic rings. The third-order valence-electron chi connectivity index (χ3n) is 5.15. The third-order valence-corrected chi connectivity index (χ3v) is 6.86. The molecule has 0 amide bonds. The summed E-state index contributed by atoms with van der Waals surface area (Å²) in [6, 6.07) is 0. The molecule has 2 rings (SSSR count). The second-order valence-electron chi connectivity index (χ2n) is 7.15. The summed E-state index contributed by atoms with van der Waals surface area (Å²) in [4.78, 5) is 12.2. The smallest absolute Gasteiger partial charge is 0.307 e. The summed E-state index contributed by atoms with van der Waals surface area (Å²) in [6.45, 7) is 1.57. The highest BCUT2D eigenvalue weighted by Crippen LogP contribution is 2.38. The van der Waals surface area contributed by atoms with Gasteiger partial charge in [0.05, 0.1) is 36.6 Å². The summed E-state index contributed by atoms with van der Waals surface area (Å²) >= 11 is 0. The van der Waals surface area contributed by atoms with Gasteiger partial charge in [-0.2, -0.15) is 0 Å². The third kappa shape index (κ3) is 5.88. The minimum Gasteiger partial charge on any atom is -0.463 e. The Kier molecular flexibility index (Phi) is 8.06. The van der Waals surface area contributed by atoms with Gasteiger partial charge in [0.15, 0.2) is 0 Å². The highest BCUT2D eigenvalue weighted by Gasteiger charge is 2.42. The minimum absolute atomic E-state index is 0.00724. The number of aliphatic hydroxyl groups excluding tert-OH is 3. The zero-order valence-corrected chi connectivity index (χ0v) is 15.6. The molecule has 1 saturated carbocycles. The van der Waals surface area contributed by atoms with Gasteiger partial charge in [-0.25, -0.2) is 0 Å². The Balaban J connectivity index is 2.24. The van der Waals surface area contributed by atoms with Crippen molar-refractivity contribution in [2.75, 3.05) is 12.4 Å². The summed E-state index contributed by atoms with van der Waals surface area (Å²) in [5.41, 5.74) is 0. The molecule has 0 aromatic carbocycles. The maximum Gasteiger partial charge on any atom is 0.307 e. The molecular formula is C18H30O6S. The second-order valence-corrected chi connectivity index (χ2v) is 8.93. The molecule has 1 heterocycles. The van der Waals surface area contributed by atoms with E-state index in [2.05, 4.69) is 6.08 Å². The molecule has 6 nitrogen and oxygen atoms in total. The van der Waals surface area contributed by atoms with Crippen LogP contribution < -0.4 is 0 Å². The lowest BCUT2D eigenvalue weighted by Crippen LogP contribution is -2.41. The molecule has 3 N–H and O–H groups in total. The van der Waals surface area contributed by atoms with Crippen molar-refractivity contribution in [3.05, 3.63) is 12.2 Å². The van der Waals surface area contributed by atoms with Crippen LogP contribution in [0.15, 0.2) is 12.2 Å². The Labute approximate surface area is 151 Å². The summed E-state index contributed by atoms with van der Waals surface area (Å²) < 4.78 is 17.9. The second kappa shape index (κ2) is 9.80. The van der Waals surface area contributed by atoms with Crippen molar-refractivity contribution >= 4 is 16.8 Å². The molecule has 0 radical (unpaired) electrons. The summed E-state index contributed by atoms with van der Waals surface area (Å²) in [7, 11) is -1.54. The topological polar surface area (TPSA) is 104 Å². The zero-order valence-electron chi connectivity index (χ0n) is 14.8. The highest BCUT2D eigenvalue weighted by molar-refractivity contribution is 7.85. The molecule has 0 spiro atoms. The fraction of sp³-hybridized carbons (Fsp3) is 0.833. The lowest BCUT2D eigenvalue weighted by Gasteiger charge is -2.29. The average molecular weight is 374 g/mol. The normalized spacial score (nSPS) is 40.1. The van der Waals surface area contributed by atoms with E-state index in [0.717, 1.165) is 19.3 Å². The van der Waals surface area contributed by atoms with E-state index in [1.165, 1.54) is 0 Å². The van der Waals surface area contributed by atoms with Gasteiger partial charge < -0.3 is 20.1 Å². The van der Waals surface area contributed by atoms with Gasteiger partial charge in [-0.05, 0) is 50.9 Å². The van der Waals surface area contributed by atoms with Crippen LogP contribution in [0.3, 0.4) is 0 Å². The van der Waals surface area contributed by atoms with Crippen LogP contribution in [0.4, 0.5) is 0 Å². The Morgan fingerprint density at radius 1 is 1.32 bits per heavy atom. The lowest BCUT2D eigenvalue weighted by molar-refractivity contribution is -0.149. The number of esters is 1. The van der Waals surface area contributed by atoms with Gasteiger partial charge in [0, 0.05) is 16.6 Å². The minimum atomic E-state index is -1.54. The van der Waals surface area contributed by atoms with E-state index in [4.69, 9.17) is 9.84 Å². The molecule has 7 atom stereocenters. The Hall–Kier alpha value is -0.760. The Bertz CT molecular complexity index is 494. The molecule has 1 unspecified atom stereocenters. The Morgan fingerprint density at radius 2 is 2.08 bits per heavy atom. The molecule has 1 aliphatic heterocycles. The number of allylic oxidation sites excluding steroid dienone is 2. The first-order valence-corrected chi connectivity index (χ1v) is 10.5. The van der Waals surface area contributed by atoms with Crippen LogP contribution in [0.25, 0.3) is 0 Å². The quantitative estimate of drug-likeness (QED) is 0.501. The molecule has 0 saturated heterocycles. The van der Waals surface area contributed by atoms with Crippen molar-refractivity contribution in [2.24, 2.45) is 11.8 Å². The lowest BCUT2D eigenvalue weighted by atomic mass is 9.87. The van der Waals surface area contributed by atoms with E-state index in [1.54, 1.807) is 0 Å². The van der Waals surface area contributed by atoms with Gasteiger partial charge in [0.1, 0.15) is 0 Å². The summed E-state index contributed by atoms with van der Waals surface area (Å²) in [5, 5.41) is 29.2. The van der Waals surface area contributed by atoms with Crippen LogP contribution in [0.5, 0.6) is 0 Å². The summed E-state index contributed by atoms with van der Waals surface area (Å²) in [6.07, 6.45) is 5.77. The molecular weight excluding hydrogens is 344 g/mol. The van der Waals surface area contributed by atoms with Crippen LogP contribution in [-0.2, 0) is 20.3 Å². The first-order valence-electron chi connectivity index (χ1n) is 9.12. The number of hydrogen-bond donors (Lipinski definition) is 3. The van der Waals surface area contributed by atoms with E-state index in [0.29, 0.717) is 12.8 Å². The molecule has 7 heteroatoms. The Morgan fingerprint density at radius 3 is 2.80 bits per heavy atom. The first kappa shape index (κ1) is 20.6. The SMILES string of the molecule is C[C@H]1CCC/C=C/[C@@H]2C[C@H](O)C[C@H]2[C@H](O)[C@H](S(=O)CCO)CC(=O)O1. The zero-order chi connectivity index (χ0) is 18.4. The van der Waals surface area contributed by atoms with Gasteiger partial charge in [-0.15, -0.1) is 0 Å². The average Bonchev–Trinajstić information content (AvgIpc) is 2.92. The van der Waals surface area contributed by atoms with E-state index < -0.39 is 34.2 Å². The number of cyclic esters (lactones) is 1. The van der Waals surface area contributed by atoms with E-state index in [1.807, 2.05) is 13.0 Å². The van der Waals surface area contributed by atoms with Gasteiger partial charge in [0.2, 0.25) is 0 Å². The molecule has 0 aromatic rings. The first-order chi connectivity index (χ1) is 11.9. The predicted molar refractivity (Wildman–Crippen MR) is 95.3 cm³/mol. The van der Waals surface area contributed by atoms with Gasteiger partial charge in [0.25, 0.3) is 0 Å². The number of rotatable bonds is 3. The van der Waals surface area contributed by atoms with E-state index >= 15 is 0 Å². The fourth-order valence-corrected chi connectivity index (χ4v) is 5.18. The standard InChI is InChI=1S/C18H30O6S/c1-12-5-3-2-4-6-13-9-14(20)10-15(13)18(22)16(11-17(21)24-12)25(23)8-7-19/h4,6,12-16,18-20,22H,2-3,5,7-11H2,1H3/b6-4+/t12-,13+,14-,15+,16+,18-,25?/m0/s1. The number of carbonyl (C=O) groups excluding carboxylic acids is 1. The molecule has 144 valence electrons. The van der Waals surface area contributed by atoms with E-state index in [9.17, 15) is 19.2 Å². The maximum atomic E-state index is 12.5. The number of aliphatic hydroxyl groups is 3. The van der Waals surface area contributed by atoms with Crippen LogP contribution in [0, 0.1) is 11.8 Å². The molecule has 1 fully saturated rings. The van der Waals surface area contributed by atoms with Gasteiger partial charge in [-0.1, -0.05) is 12.2 Å². The van der Waals surface area contributed by atoms with Crippen LogP contribution in [-0.4, -0.2) is 61.4 Å². The number of hydrogen-bond acceptors (Lipinski definition) is 6. The molecule has 0 bridgehead atoms. The van der Waals surface area contributed by atoms with Crippen LogP contribution in [0.1, 0.15) is 45.4 Å². The number of fused-ring (bicyclic) bond motifs is 1. The van der Waals surface area contributed by atoms with Gasteiger partial charge in [-0.3, -0.25) is 9.00 Å². The molecule has 25 heavy (non-hydrogen) atoms. The largest absolute Gasteiger partial charge is 0.463 e. The van der Waals surface area contributed by atoms with Crippen molar-refractivity contribution in [2.45, 2.75) is 69.0 Å². The van der Waals surface area contributed by atoms with Crippen molar-refractivity contribution in [3.63, 3.8) is 0 Å². The molecule has 0 aromatic heterocycles. The predicted octanol–water partition coefficient (Wildman–Crippen LogP) is 0.906. The monoisotopic (exact) mass is 374 g/mol.